The number of anilines is 1. The van der Waals surface area contributed by atoms with Crippen LogP contribution >= 0.6 is 11.6 Å². The number of carbonyl (C=O) groups is 3. The van der Waals surface area contributed by atoms with Crippen molar-refractivity contribution >= 4 is 35.2 Å². The second-order valence-corrected chi connectivity index (χ2v) is 7.67. The molecule has 150 valence electrons. The van der Waals surface area contributed by atoms with Gasteiger partial charge in [-0.15, -0.1) is 0 Å². The van der Waals surface area contributed by atoms with Crippen LogP contribution in [0, 0.1) is 0 Å². The lowest BCUT2D eigenvalue weighted by atomic mass is 9.99. The Morgan fingerprint density at radius 1 is 1.25 bits per heavy atom. The third kappa shape index (κ3) is 6.38. The number of aromatic nitrogens is 2. The number of carbonyl (C=O) groups excluding carboxylic acids is 3. The summed E-state index contributed by atoms with van der Waals surface area (Å²) < 4.78 is 5.15. The van der Waals surface area contributed by atoms with Crippen LogP contribution in [-0.4, -0.2) is 39.6 Å². The molecular formula is C19H23ClN4O4. The van der Waals surface area contributed by atoms with E-state index >= 15 is 0 Å². The first-order chi connectivity index (χ1) is 13.0. The molecule has 0 unspecified atom stereocenters. The Morgan fingerprint density at radius 2 is 1.96 bits per heavy atom. The van der Waals surface area contributed by atoms with E-state index in [2.05, 4.69) is 20.8 Å². The molecule has 0 aliphatic carbocycles. The number of aromatic amines is 1. The van der Waals surface area contributed by atoms with E-state index in [-0.39, 0.29) is 17.8 Å². The molecule has 9 heteroatoms. The summed E-state index contributed by atoms with van der Waals surface area (Å²) in [6.07, 6.45) is 0.767. The van der Waals surface area contributed by atoms with Gasteiger partial charge in [0, 0.05) is 23.1 Å². The molecule has 0 aliphatic heterocycles. The third-order valence-electron chi connectivity index (χ3n) is 3.65. The molecule has 0 bridgehead atoms. The molecule has 1 atom stereocenters. The van der Waals surface area contributed by atoms with Gasteiger partial charge in [0.25, 0.3) is 5.91 Å². The zero-order chi connectivity index (χ0) is 20.9. The first-order valence-corrected chi connectivity index (χ1v) is 9.04. The van der Waals surface area contributed by atoms with E-state index < -0.39 is 23.6 Å². The average molecular weight is 407 g/mol. The molecule has 2 rings (SSSR count). The number of alkyl carbamates (subject to hydrolysis) is 1. The molecule has 1 heterocycles. The highest BCUT2D eigenvalue weighted by molar-refractivity contribution is 6.31. The summed E-state index contributed by atoms with van der Waals surface area (Å²) in [6, 6.07) is 5.52. The Morgan fingerprint density at radius 3 is 2.57 bits per heavy atom. The highest BCUT2D eigenvalue weighted by Crippen LogP contribution is 2.19. The van der Waals surface area contributed by atoms with E-state index in [4.69, 9.17) is 16.3 Å². The number of hydrogen-bond donors (Lipinski definition) is 3. The van der Waals surface area contributed by atoms with Crippen molar-refractivity contribution in [2.24, 2.45) is 0 Å². The van der Waals surface area contributed by atoms with E-state index in [9.17, 15) is 14.4 Å². The lowest BCUT2D eigenvalue weighted by Crippen LogP contribution is -2.42. The number of halogens is 1. The smallest absolute Gasteiger partial charge is 0.408 e. The van der Waals surface area contributed by atoms with Crippen LogP contribution in [0.2, 0.25) is 5.02 Å². The standard InChI is InChI=1S/C19H23ClN4O4/c1-11(22-18(27)28-19(2,3)4)15(25)9-12-5-6-13(20)10-14(12)17(26)23-16-7-8-21-24-16/h5-8,10-11H,9H2,1-4H3,(H,22,27)(H2,21,23,24,26)/t11-/m0/s1. The van der Waals surface area contributed by atoms with E-state index in [0.717, 1.165) is 0 Å². The molecule has 28 heavy (non-hydrogen) atoms. The number of benzene rings is 1. The van der Waals surface area contributed by atoms with Crippen molar-refractivity contribution in [1.29, 1.82) is 0 Å². The summed E-state index contributed by atoms with van der Waals surface area (Å²) >= 11 is 6.01. The van der Waals surface area contributed by atoms with Gasteiger partial charge in [0.15, 0.2) is 5.78 Å². The molecular weight excluding hydrogens is 384 g/mol. The maximum Gasteiger partial charge on any atom is 0.408 e. The quantitative estimate of drug-likeness (QED) is 0.680. The topological polar surface area (TPSA) is 113 Å². The van der Waals surface area contributed by atoms with Crippen LogP contribution in [0.25, 0.3) is 0 Å². The fourth-order valence-corrected chi connectivity index (χ4v) is 2.51. The third-order valence-corrected chi connectivity index (χ3v) is 3.88. The molecule has 0 radical (unpaired) electrons. The summed E-state index contributed by atoms with van der Waals surface area (Å²) in [7, 11) is 0. The van der Waals surface area contributed by atoms with Gasteiger partial charge < -0.3 is 15.4 Å². The van der Waals surface area contributed by atoms with Crippen molar-refractivity contribution in [3.8, 4) is 0 Å². The van der Waals surface area contributed by atoms with Gasteiger partial charge in [-0.05, 0) is 45.4 Å². The SMILES string of the molecule is C[C@H](NC(=O)OC(C)(C)C)C(=O)Cc1ccc(Cl)cc1C(=O)Nc1ccn[nH]1. The van der Waals surface area contributed by atoms with Crippen LogP contribution in [0.4, 0.5) is 10.6 Å². The lowest BCUT2D eigenvalue weighted by Gasteiger charge is -2.21. The normalized spacial score (nSPS) is 12.2. The van der Waals surface area contributed by atoms with Gasteiger partial charge in [0.05, 0.1) is 12.2 Å². The molecule has 0 saturated carbocycles. The van der Waals surface area contributed by atoms with Crippen LogP contribution in [0.3, 0.4) is 0 Å². The summed E-state index contributed by atoms with van der Waals surface area (Å²) in [6.45, 7) is 6.76. The van der Waals surface area contributed by atoms with Crippen molar-refractivity contribution in [3.05, 3.63) is 46.6 Å². The Balaban J connectivity index is 2.09. The number of rotatable bonds is 6. The number of ether oxygens (including phenoxy) is 1. The van der Waals surface area contributed by atoms with Crippen LogP contribution in [0.1, 0.15) is 43.6 Å². The summed E-state index contributed by atoms with van der Waals surface area (Å²) in [4.78, 5) is 36.9. The second-order valence-electron chi connectivity index (χ2n) is 7.24. The first-order valence-electron chi connectivity index (χ1n) is 8.66. The predicted octanol–water partition coefficient (Wildman–Crippen LogP) is 3.34. The highest BCUT2D eigenvalue weighted by atomic mass is 35.5. The summed E-state index contributed by atoms with van der Waals surface area (Å²) in [5, 5.41) is 11.9. The zero-order valence-electron chi connectivity index (χ0n) is 16.1. The van der Waals surface area contributed by atoms with Gasteiger partial charge in [-0.2, -0.15) is 5.10 Å². The molecule has 8 nitrogen and oxygen atoms in total. The fraction of sp³-hybridized carbons (Fsp3) is 0.368. The molecule has 0 aliphatic rings. The molecule has 1 aromatic heterocycles. The Bertz CT molecular complexity index is 859. The molecule has 0 spiro atoms. The van der Waals surface area contributed by atoms with Gasteiger partial charge in [-0.1, -0.05) is 17.7 Å². The van der Waals surface area contributed by atoms with Gasteiger partial charge in [0.2, 0.25) is 0 Å². The molecule has 0 saturated heterocycles. The van der Waals surface area contributed by atoms with Gasteiger partial charge in [0.1, 0.15) is 11.4 Å². The lowest BCUT2D eigenvalue weighted by molar-refractivity contribution is -0.120. The van der Waals surface area contributed by atoms with Gasteiger partial charge in [-0.25, -0.2) is 4.79 Å². The molecule has 2 aromatic rings. The largest absolute Gasteiger partial charge is 0.444 e. The maximum absolute atomic E-state index is 12.6. The average Bonchev–Trinajstić information content (AvgIpc) is 3.07. The van der Waals surface area contributed by atoms with Crippen molar-refractivity contribution < 1.29 is 19.1 Å². The van der Waals surface area contributed by atoms with Crippen LogP contribution in [0.5, 0.6) is 0 Å². The van der Waals surface area contributed by atoms with Crippen molar-refractivity contribution in [2.45, 2.75) is 45.8 Å². The molecule has 2 amide bonds. The molecule has 1 aromatic carbocycles. The maximum atomic E-state index is 12.6. The number of ketones is 1. The van der Waals surface area contributed by atoms with Crippen molar-refractivity contribution in [2.75, 3.05) is 5.32 Å². The van der Waals surface area contributed by atoms with Crippen LogP contribution in [0.15, 0.2) is 30.5 Å². The number of Topliss-reactive ketones (excluding diaryl/α,β-unsaturated/α-hetero) is 1. The summed E-state index contributed by atoms with van der Waals surface area (Å²) in [5.74, 6) is -0.284. The predicted molar refractivity (Wildman–Crippen MR) is 106 cm³/mol. The monoisotopic (exact) mass is 406 g/mol. The van der Waals surface area contributed by atoms with E-state index in [1.807, 2.05) is 0 Å². The molecule has 3 N–H and O–H groups in total. The Kier molecular flexibility index (Phi) is 6.80. The van der Waals surface area contributed by atoms with Crippen molar-refractivity contribution in [1.82, 2.24) is 15.5 Å². The molecule has 0 fully saturated rings. The number of amides is 2. The summed E-state index contributed by atoms with van der Waals surface area (Å²) in [5.41, 5.74) is 0.0882. The van der Waals surface area contributed by atoms with Crippen molar-refractivity contribution in [3.63, 3.8) is 0 Å². The first kappa shape index (κ1) is 21.4. The van der Waals surface area contributed by atoms with Gasteiger partial charge in [-0.3, -0.25) is 14.7 Å². The van der Waals surface area contributed by atoms with E-state index in [1.54, 1.807) is 45.9 Å². The number of nitrogens with one attached hydrogen (secondary N) is 3. The Labute approximate surface area is 168 Å². The minimum atomic E-state index is -0.783. The van der Waals surface area contributed by atoms with Crippen LogP contribution in [-0.2, 0) is 16.0 Å². The second kappa shape index (κ2) is 8.88. The zero-order valence-corrected chi connectivity index (χ0v) is 16.9. The minimum absolute atomic E-state index is 0.0557. The van der Waals surface area contributed by atoms with E-state index in [1.165, 1.54) is 12.3 Å². The minimum Gasteiger partial charge on any atom is -0.444 e. The fourth-order valence-electron chi connectivity index (χ4n) is 2.33. The highest BCUT2D eigenvalue weighted by Gasteiger charge is 2.23. The van der Waals surface area contributed by atoms with E-state index in [0.29, 0.717) is 16.4 Å². The Hall–Kier alpha value is -2.87. The van der Waals surface area contributed by atoms with Crippen LogP contribution < -0.4 is 10.6 Å². The number of hydrogen-bond acceptors (Lipinski definition) is 5. The number of nitrogens with zero attached hydrogens (tertiary/aromatic N) is 1. The number of H-pyrrole nitrogens is 1. The van der Waals surface area contributed by atoms with Gasteiger partial charge >= 0.3 is 6.09 Å².